The van der Waals surface area contributed by atoms with Gasteiger partial charge in [0.15, 0.2) is 0 Å². The van der Waals surface area contributed by atoms with Crippen LogP contribution in [0.3, 0.4) is 0 Å². The molecule has 6 heteroatoms. The minimum Gasteiger partial charge on any atom is -0.387 e. The fourth-order valence-corrected chi connectivity index (χ4v) is 2.51. The molecule has 0 unspecified atom stereocenters. The van der Waals surface area contributed by atoms with Crippen molar-refractivity contribution >= 4 is 17.4 Å². The van der Waals surface area contributed by atoms with Gasteiger partial charge >= 0.3 is 6.03 Å². The van der Waals surface area contributed by atoms with E-state index in [9.17, 15) is 9.90 Å². The van der Waals surface area contributed by atoms with Gasteiger partial charge in [0.25, 0.3) is 0 Å². The number of aliphatic hydroxyl groups is 1. The van der Waals surface area contributed by atoms with Crippen LogP contribution in [0.5, 0.6) is 0 Å². The van der Waals surface area contributed by atoms with Gasteiger partial charge in [-0.2, -0.15) is 11.3 Å². The zero-order valence-electron chi connectivity index (χ0n) is 11.9. The summed E-state index contributed by atoms with van der Waals surface area (Å²) in [6.07, 6.45) is 1.88. The smallest absolute Gasteiger partial charge is 0.314 e. The molecule has 0 fully saturated rings. The quantitative estimate of drug-likeness (QED) is 0.764. The first-order valence-electron chi connectivity index (χ1n) is 6.78. The molecular weight excluding hydrogens is 286 g/mol. The topological polar surface area (TPSA) is 74.2 Å². The summed E-state index contributed by atoms with van der Waals surface area (Å²) in [4.78, 5) is 15.8. The minimum atomic E-state index is -0.664. The lowest BCUT2D eigenvalue weighted by Crippen LogP contribution is -2.38. The van der Waals surface area contributed by atoms with Crippen LogP contribution in [0, 0.1) is 6.92 Å². The number of carbonyl (C=O) groups is 1. The molecule has 2 heterocycles. The second-order valence-electron chi connectivity index (χ2n) is 4.77. The second-order valence-corrected chi connectivity index (χ2v) is 5.55. The van der Waals surface area contributed by atoms with Crippen molar-refractivity contribution in [3.63, 3.8) is 0 Å². The van der Waals surface area contributed by atoms with Gasteiger partial charge in [-0.25, -0.2) is 4.79 Å². The van der Waals surface area contributed by atoms with Crippen LogP contribution < -0.4 is 10.6 Å². The number of aromatic nitrogens is 1. The van der Waals surface area contributed by atoms with E-state index in [1.54, 1.807) is 0 Å². The molecule has 112 valence electrons. The number of nitrogens with zero attached hydrogens (tertiary/aromatic N) is 1. The SMILES string of the molecule is Cc1ccc(CCNC(=O)NC[C@@H](O)c2ccsc2)cn1. The number of hydrogen-bond donors (Lipinski definition) is 3. The summed E-state index contributed by atoms with van der Waals surface area (Å²) in [5.41, 5.74) is 2.89. The van der Waals surface area contributed by atoms with Crippen LogP contribution in [0.1, 0.15) is 22.9 Å². The fourth-order valence-electron chi connectivity index (χ4n) is 1.80. The number of hydrogen-bond acceptors (Lipinski definition) is 4. The molecule has 5 nitrogen and oxygen atoms in total. The first kappa shape index (κ1) is 15.5. The summed E-state index contributed by atoms with van der Waals surface area (Å²) >= 11 is 1.52. The van der Waals surface area contributed by atoms with Crippen molar-refractivity contribution in [3.8, 4) is 0 Å². The Kier molecular flexibility index (Phi) is 5.71. The largest absolute Gasteiger partial charge is 0.387 e. The molecule has 2 aromatic heterocycles. The molecule has 0 aromatic carbocycles. The van der Waals surface area contributed by atoms with Crippen molar-refractivity contribution in [1.29, 1.82) is 0 Å². The third-order valence-corrected chi connectivity index (χ3v) is 3.76. The van der Waals surface area contributed by atoms with Gasteiger partial charge in [-0.1, -0.05) is 6.07 Å². The maximum absolute atomic E-state index is 11.6. The van der Waals surface area contributed by atoms with E-state index in [1.165, 1.54) is 11.3 Å². The molecule has 0 saturated carbocycles. The molecule has 0 bridgehead atoms. The molecule has 21 heavy (non-hydrogen) atoms. The van der Waals surface area contributed by atoms with Crippen LogP contribution in [-0.4, -0.2) is 29.2 Å². The molecule has 3 N–H and O–H groups in total. The van der Waals surface area contributed by atoms with Crippen LogP contribution in [-0.2, 0) is 6.42 Å². The molecule has 2 rings (SSSR count). The Balaban J connectivity index is 1.64. The number of rotatable bonds is 6. The summed E-state index contributed by atoms with van der Waals surface area (Å²) in [5.74, 6) is 0. The van der Waals surface area contributed by atoms with Gasteiger partial charge in [0.2, 0.25) is 0 Å². The zero-order valence-corrected chi connectivity index (χ0v) is 12.7. The first-order chi connectivity index (χ1) is 10.1. The zero-order chi connectivity index (χ0) is 15.1. The van der Waals surface area contributed by atoms with E-state index in [4.69, 9.17) is 0 Å². The normalized spacial score (nSPS) is 11.9. The highest BCUT2D eigenvalue weighted by Gasteiger charge is 2.09. The van der Waals surface area contributed by atoms with E-state index in [0.717, 1.165) is 23.2 Å². The van der Waals surface area contributed by atoms with E-state index in [0.29, 0.717) is 6.54 Å². The average Bonchev–Trinajstić information content (AvgIpc) is 3.01. The number of carbonyl (C=O) groups excluding carboxylic acids is 1. The summed E-state index contributed by atoms with van der Waals surface area (Å²) in [6, 6.07) is 5.53. The highest BCUT2D eigenvalue weighted by atomic mass is 32.1. The highest BCUT2D eigenvalue weighted by Crippen LogP contribution is 2.14. The standard InChI is InChI=1S/C15H19N3O2S/c1-11-2-3-12(8-17-11)4-6-16-15(20)18-9-14(19)13-5-7-21-10-13/h2-3,5,7-8,10,14,19H,4,6,9H2,1H3,(H2,16,18,20)/t14-/m1/s1. The fraction of sp³-hybridized carbons (Fsp3) is 0.333. The molecular formula is C15H19N3O2S. The van der Waals surface area contributed by atoms with E-state index in [-0.39, 0.29) is 12.6 Å². The molecule has 1 atom stereocenters. The van der Waals surface area contributed by atoms with Crippen molar-refractivity contribution in [1.82, 2.24) is 15.6 Å². The maximum Gasteiger partial charge on any atom is 0.314 e. The Hall–Kier alpha value is -1.92. The van der Waals surface area contributed by atoms with Gasteiger partial charge in [-0.3, -0.25) is 4.98 Å². The van der Waals surface area contributed by atoms with Crippen molar-refractivity contribution in [2.75, 3.05) is 13.1 Å². The van der Waals surface area contributed by atoms with Crippen LogP contribution in [0.15, 0.2) is 35.2 Å². The Morgan fingerprint density at radius 3 is 2.90 bits per heavy atom. The van der Waals surface area contributed by atoms with Gasteiger partial charge < -0.3 is 15.7 Å². The summed E-state index contributed by atoms with van der Waals surface area (Å²) < 4.78 is 0. The molecule has 0 aliphatic rings. The molecule has 2 aromatic rings. The summed E-state index contributed by atoms with van der Waals surface area (Å²) in [6.45, 7) is 2.67. The first-order valence-corrected chi connectivity index (χ1v) is 7.73. The van der Waals surface area contributed by atoms with Crippen LogP contribution in [0.25, 0.3) is 0 Å². The lowest BCUT2D eigenvalue weighted by Gasteiger charge is -2.11. The lowest BCUT2D eigenvalue weighted by atomic mass is 10.2. The molecule has 0 aliphatic heterocycles. The lowest BCUT2D eigenvalue weighted by molar-refractivity contribution is 0.173. The Bertz CT molecular complexity index is 555. The number of thiophene rings is 1. The average molecular weight is 305 g/mol. The van der Waals surface area contributed by atoms with E-state index in [2.05, 4.69) is 15.6 Å². The number of pyridine rings is 1. The number of amides is 2. The highest BCUT2D eigenvalue weighted by molar-refractivity contribution is 7.07. The number of aliphatic hydroxyl groups excluding tert-OH is 1. The summed E-state index contributed by atoms with van der Waals surface area (Å²) in [5, 5.41) is 19.0. The third-order valence-electron chi connectivity index (χ3n) is 3.06. The van der Waals surface area contributed by atoms with Gasteiger partial charge in [0.05, 0.1) is 6.10 Å². The van der Waals surface area contributed by atoms with Crippen LogP contribution in [0.4, 0.5) is 4.79 Å². The Labute approximate surface area is 128 Å². The summed E-state index contributed by atoms with van der Waals surface area (Å²) in [7, 11) is 0. The van der Waals surface area contributed by atoms with Crippen molar-refractivity contribution in [2.24, 2.45) is 0 Å². The van der Waals surface area contributed by atoms with Gasteiger partial charge in [-0.05, 0) is 47.4 Å². The number of urea groups is 1. The Morgan fingerprint density at radius 1 is 1.38 bits per heavy atom. The van der Waals surface area contributed by atoms with Crippen LogP contribution in [0.2, 0.25) is 0 Å². The monoisotopic (exact) mass is 305 g/mol. The number of aryl methyl sites for hydroxylation is 1. The number of nitrogens with one attached hydrogen (secondary N) is 2. The molecule has 0 saturated heterocycles. The van der Waals surface area contributed by atoms with Crippen molar-refractivity contribution in [2.45, 2.75) is 19.4 Å². The van der Waals surface area contributed by atoms with E-state index < -0.39 is 6.10 Å². The Morgan fingerprint density at radius 2 is 2.24 bits per heavy atom. The van der Waals surface area contributed by atoms with E-state index in [1.807, 2.05) is 42.1 Å². The maximum atomic E-state index is 11.6. The molecule has 0 spiro atoms. The molecule has 0 aliphatic carbocycles. The van der Waals surface area contributed by atoms with E-state index >= 15 is 0 Å². The predicted octanol–water partition coefficient (Wildman–Crippen LogP) is 2.03. The molecule has 2 amide bonds. The predicted molar refractivity (Wildman–Crippen MR) is 83.4 cm³/mol. The van der Waals surface area contributed by atoms with Crippen LogP contribution >= 0.6 is 11.3 Å². The van der Waals surface area contributed by atoms with Gasteiger partial charge in [0, 0.05) is 25.0 Å². The van der Waals surface area contributed by atoms with Gasteiger partial charge in [0.1, 0.15) is 0 Å². The third kappa shape index (κ3) is 5.17. The molecule has 0 radical (unpaired) electrons. The second kappa shape index (κ2) is 7.75. The van der Waals surface area contributed by atoms with Gasteiger partial charge in [-0.15, -0.1) is 0 Å². The minimum absolute atomic E-state index is 0.203. The van der Waals surface area contributed by atoms with Crippen molar-refractivity contribution in [3.05, 3.63) is 52.0 Å². The van der Waals surface area contributed by atoms with Crippen molar-refractivity contribution < 1.29 is 9.90 Å².